The molecule has 0 aliphatic carbocycles. The van der Waals surface area contributed by atoms with E-state index >= 15 is 0 Å². The van der Waals surface area contributed by atoms with Crippen LogP contribution in [0.1, 0.15) is 24.8 Å². The summed E-state index contributed by atoms with van der Waals surface area (Å²) >= 11 is 6.98. The van der Waals surface area contributed by atoms with E-state index in [1.165, 1.54) is 6.42 Å². The molecule has 1 amide bonds. The summed E-state index contributed by atoms with van der Waals surface area (Å²) in [6, 6.07) is 4.00. The molecule has 0 radical (unpaired) electrons. The second kappa shape index (κ2) is 6.86. The van der Waals surface area contributed by atoms with Crippen LogP contribution in [0.5, 0.6) is 0 Å². The van der Waals surface area contributed by atoms with Gasteiger partial charge < -0.3 is 10.6 Å². The number of nitrogens with one attached hydrogen (secondary N) is 2. The third kappa shape index (κ3) is 4.29. The quantitative estimate of drug-likeness (QED) is 0.821. The van der Waals surface area contributed by atoms with Gasteiger partial charge in [-0.15, -0.1) is 0 Å². The van der Waals surface area contributed by atoms with Gasteiger partial charge in [0.1, 0.15) is 0 Å². The van der Waals surface area contributed by atoms with Crippen molar-refractivity contribution in [3.8, 4) is 0 Å². The van der Waals surface area contributed by atoms with Crippen LogP contribution in [0.3, 0.4) is 0 Å². The Balaban J connectivity index is 1.91. The number of hydrogen-bond acceptors (Lipinski definition) is 2. The molecule has 2 N–H and O–H groups in total. The van der Waals surface area contributed by atoms with Crippen LogP contribution in [0, 0.1) is 12.8 Å². The van der Waals surface area contributed by atoms with E-state index in [4.69, 9.17) is 0 Å². The van der Waals surface area contributed by atoms with E-state index in [9.17, 15) is 4.79 Å². The zero-order valence-corrected chi connectivity index (χ0v) is 14.1. The monoisotopic (exact) mass is 388 g/mol. The second-order valence-electron chi connectivity index (χ2n) is 5.05. The molecule has 1 heterocycles. The number of carbonyl (C=O) groups is 1. The Morgan fingerprint density at radius 1 is 1.42 bits per heavy atom. The van der Waals surface area contributed by atoms with E-state index in [-0.39, 0.29) is 5.91 Å². The molecule has 1 saturated heterocycles. The minimum Gasteiger partial charge on any atom is -0.324 e. The van der Waals surface area contributed by atoms with Crippen molar-refractivity contribution >= 4 is 43.5 Å². The molecule has 0 bridgehead atoms. The Morgan fingerprint density at radius 2 is 2.11 bits per heavy atom. The molecule has 104 valence electrons. The molecule has 19 heavy (non-hydrogen) atoms. The highest BCUT2D eigenvalue weighted by Crippen LogP contribution is 2.32. The largest absolute Gasteiger partial charge is 0.324 e. The standard InChI is InChI=1S/C14H18Br2N2O/c1-9-6-11(15)14(12(16)7-9)18-13(19)3-2-10-4-5-17-8-10/h6-7,10,17H,2-5,8H2,1H3,(H,18,19). The Labute approximate surface area is 130 Å². The fourth-order valence-corrected chi connectivity index (χ4v) is 3.93. The van der Waals surface area contributed by atoms with Gasteiger partial charge in [0.2, 0.25) is 5.91 Å². The lowest BCUT2D eigenvalue weighted by molar-refractivity contribution is -0.116. The number of halogens is 2. The van der Waals surface area contributed by atoms with Gasteiger partial charge in [0.05, 0.1) is 5.69 Å². The van der Waals surface area contributed by atoms with E-state index in [0.717, 1.165) is 39.7 Å². The third-order valence-electron chi connectivity index (χ3n) is 3.39. The van der Waals surface area contributed by atoms with Gasteiger partial charge in [-0.05, 0) is 88.3 Å². The first-order valence-electron chi connectivity index (χ1n) is 6.52. The van der Waals surface area contributed by atoms with E-state index in [2.05, 4.69) is 42.5 Å². The summed E-state index contributed by atoms with van der Waals surface area (Å²) in [5.74, 6) is 0.729. The molecule has 5 heteroatoms. The minimum absolute atomic E-state index is 0.0807. The maximum Gasteiger partial charge on any atom is 0.224 e. The molecule has 1 unspecified atom stereocenters. The third-order valence-corrected chi connectivity index (χ3v) is 4.64. The average Bonchev–Trinajstić information content (AvgIpc) is 2.84. The minimum atomic E-state index is 0.0807. The van der Waals surface area contributed by atoms with E-state index in [1.807, 2.05) is 19.1 Å². The highest BCUT2D eigenvalue weighted by molar-refractivity contribution is 9.11. The molecule has 1 aromatic rings. The van der Waals surface area contributed by atoms with Crippen LogP contribution in [0.4, 0.5) is 5.69 Å². The van der Waals surface area contributed by atoms with Gasteiger partial charge in [-0.2, -0.15) is 0 Å². The number of hydrogen-bond donors (Lipinski definition) is 2. The molecular formula is C14H18Br2N2O. The fourth-order valence-electron chi connectivity index (χ4n) is 2.32. The molecule has 1 fully saturated rings. The molecule has 0 spiro atoms. The fraction of sp³-hybridized carbons (Fsp3) is 0.500. The summed E-state index contributed by atoms with van der Waals surface area (Å²) in [6.45, 7) is 4.15. The van der Waals surface area contributed by atoms with Crippen LogP contribution >= 0.6 is 31.9 Å². The Bertz CT molecular complexity index is 448. The molecule has 1 aliphatic heterocycles. The zero-order chi connectivity index (χ0) is 13.8. The Kier molecular flexibility index (Phi) is 5.42. The maximum atomic E-state index is 12.0. The van der Waals surface area contributed by atoms with Crippen molar-refractivity contribution in [2.75, 3.05) is 18.4 Å². The van der Waals surface area contributed by atoms with Crippen LogP contribution < -0.4 is 10.6 Å². The van der Waals surface area contributed by atoms with Gasteiger partial charge in [0.25, 0.3) is 0 Å². The maximum absolute atomic E-state index is 12.0. The van der Waals surface area contributed by atoms with Crippen LogP contribution in [0.2, 0.25) is 0 Å². The van der Waals surface area contributed by atoms with Crippen molar-refractivity contribution < 1.29 is 4.79 Å². The van der Waals surface area contributed by atoms with E-state index < -0.39 is 0 Å². The summed E-state index contributed by atoms with van der Waals surface area (Å²) in [7, 11) is 0. The van der Waals surface area contributed by atoms with Crippen LogP contribution in [0.25, 0.3) is 0 Å². The van der Waals surface area contributed by atoms with E-state index in [1.54, 1.807) is 0 Å². The first-order valence-corrected chi connectivity index (χ1v) is 8.11. The smallest absolute Gasteiger partial charge is 0.224 e. The van der Waals surface area contributed by atoms with Crippen molar-refractivity contribution in [2.45, 2.75) is 26.2 Å². The number of aryl methyl sites for hydroxylation is 1. The topological polar surface area (TPSA) is 41.1 Å². The van der Waals surface area contributed by atoms with Crippen LogP contribution in [-0.2, 0) is 4.79 Å². The molecule has 1 aliphatic rings. The summed E-state index contributed by atoms with van der Waals surface area (Å²) in [4.78, 5) is 12.0. The lowest BCUT2D eigenvalue weighted by Gasteiger charge is -2.12. The van der Waals surface area contributed by atoms with Crippen molar-refractivity contribution in [3.05, 3.63) is 26.6 Å². The second-order valence-corrected chi connectivity index (χ2v) is 6.76. The average molecular weight is 390 g/mol. The highest BCUT2D eigenvalue weighted by atomic mass is 79.9. The van der Waals surface area contributed by atoms with Gasteiger partial charge in [0, 0.05) is 15.4 Å². The Morgan fingerprint density at radius 3 is 2.68 bits per heavy atom. The molecule has 2 rings (SSSR count). The molecule has 3 nitrogen and oxygen atoms in total. The van der Waals surface area contributed by atoms with Crippen molar-refractivity contribution in [1.82, 2.24) is 5.32 Å². The summed E-state index contributed by atoms with van der Waals surface area (Å²) in [5.41, 5.74) is 1.97. The normalized spacial score (nSPS) is 18.6. The SMILES string of the molecule is Cc1cc(Br)c(NC(=O)CCC2CCNC2)c(Br)c1. The van der Waals surface area contributed by atoms with Gasteiger partial charge in [0.15, 0.2) is 0 Å². The number of amides is 1. The van der Waals surface area contributed by atoms with Gasteiger partial charge >= 0.3 is 0 Å². The lowest BCUT2D eigenvalue weighted by atomic mass is 10.0. The first kappa shape index (κ1) is 15.0. The number of anilines is 1. The van der Waals surface area contributed by atoms with Gasteiger partial charge in [-0.3, -0.25) is 4.79 Å². The van der Waals surface area contributed by atoms with Crippen molar-refractivity contribution in [2.24, 2.45) is 5.92 Å². The zero-order valence-electron chi connectivity index (χ0n) is 10.9. The molecule has 1 atom stereocenters. The van der Waals surface area contributed by atoms with Gasteiger partial charge in [-0.1, -0.05) is 0 Å². The molecule has 0 aromatic heterocycles. The predicted molar refractivity (Wildman–Crippen MR) is 85.4 cm³/mol. The van der Waals surface area contributed by atoms with E-state index in [0.29, 0.717) is 12.3 Å². The van der Waals surface area contributed by atoms with Gasteiger partial charge in [-0.25, -0.2) is 0 Å². The van der Waals surface area contributed by atoms with Crippen LogP contribution in [-0.4, -0.2) is 19.0 Å². The molecule has 0 saturated carbocycles. The number of carbonyl (C=O) groups excluding carboxylic acids is 1. The van der Waals surface area contributed by atoms with Crippen LogP contribution in [0.15, 0.2) is 21.1 Å². The predicted octanol–water partition coefficient (Wildman–Crippen LogP) is 3.85. The van der Waals surface area contributed by atoms with Crippen molar-refractivity contribution in [1.29, 1.82) is 0 Å². The number of rotatable bonds is 4. The summed E-state index contributed by atoms with van der Waals surface area (Å²) < 4.78 is 1.82. The molecule has 1 aromatic carbocycles. The first-order chi connectivity index (χ1) is 9.06. The number of benzene rings is 1. The highest BCUT2D eigenvalue weighted by Gasteiger charge is 2.16. The summed E-state index contributed by atoms with van der Waals surface area (Å²) in [5, 5.41) is 6.30. The Hall–Kier alpha value is -0.390. The lowest BCUT2D eigenvalue weighted by Crippen LogP contribution is -2.15. The summed E-state index contributed by atoms with van der Waals surface area (Å²) in [6.07, 6.45) is 2.73. The van der Waals surface area contributed by atoms with Crippen molar-refractivity contribution in [3.63, 3.8) is 0 Å². The molecular weight excluding hydrogens is 372 g/mol.